The summed E-state index contributed by atoms with van der Waals surface area (Å²) in [6.45, 7) is 1.80. The largest absolute Gasteiger partial charge is 0.496 e. The molecule has 0 radical (unpaired) electrons. The highest BCUT2D eigenvalue weighted by Gasteiger charge is 2.60. The second-order valence-corrected chi connectivity index (χ2v) is 8.52. The lowest BCUT2D eigenvalue weighted by atomic mass is 9.74. The summed E-state index contributed by atoms with van der Waals surface area (Å²) in [5.41, 5.74) is 0.722. The minimum atomic E-state index is -1.71. The van der Waals surface area contributed by atoms with E-state index in [2.05, 4.69) is 20.5 Å². The van der Waals surface area contributed by atoms with E-state index in [0.29, 0.717) is 23.7 Å². The molecule has 5 rings (SSSR count). The number of carbonyl (C=O) groups excluding carboxylic acids is 2. The van der Waals surface area contributed by atoms with Crippen LogP contribution in [0.4, 0.5) is 5.69 Å². The topological polar surface area (TPSA) is 115 Å². The number of allylic oxidation sites excluding steroid dienone is 1. The number of ketones is 2. The van der Waals surface area contributed by atoms with E-state index in [9.17, 15) is 9.59 Å². The lowest BCUT2D eigenvalue weighted by Gasteiger charge is -2.35. The van der Waals surface area contributed by atoms with Crippen LogP contribution in [0.2, 0.25) is 5.02 Å². The zero-order chi connectivity index (χ0) is 24.0. The van der Waals surface area contributed by atoms with Gasteiger partial charge in [-0.25, -0.2) is 4.98 Å². The molecule has 1 aliphatic carbocycles. The molecule has 174 valence electrons. The fraction of sp³-hybridized carbons (Fsp3) is 0.250. The van der Waals surface area contributed by atoms with Crippen LogP contribution in [0.3, 0.4) is 0 Å². The fourth-order valence-electron chi connectivity index (χ4n) is 4.49. The number of ether oxygens (including phenoxy) is 3. The molecule has 0 bridgehead atoms. The van der Waals surface area contributed by atoms with Crippen molar-refractivity contribution in [3.8, 4) is 28.6 Å². The second-order valence-electron chi connectivity index (χ2n) is 8.14. The van der Waals surface area contributed by atoms with Gasteiger partial charge >= 0.3 is 0 Å². The van der Waals surface area contributed by atoms with Crippen LogP contribution in [-0.4, -0.2) is 46.6 Å². The maximum atomic E-state index is 13.6. The third-order valence-electron chi connectivity index (χ3n) is 6.17. The Morgan fingerprint density at radius 2 is 2.00 bits per heavy atom. The van der Waals surface area contributed by atoms with Crippen molar-refractivity contribution < 1.29 is 23.8 Å². The van der Waals surface area contributed by atoms with Gasteiger partial charge in [-0.3, -0.25) is 14.7 Å². The third-order valence-corrected chi connectivity index (χ3v) is 6.52. The molecule has 9 nitrogen and oxygen atoms in total. The molecule has 0 unspecified atom stereocenters. The number of fused-ring (bicyclic) bond motifs is 1. The molecule has 2 aromatic carbocycles. The number of hydrogen-bond acceptors (Lipinski definition) is 8. The molecule has 0 fully saturated rings. The SMILES string of the molecule is COc1cc(OC)c2c(c1Cl)O[C@@]1(C(=O)C=C(Nc3cccc(-c4ncn[nH]4)c3)C[C@H]1C)C2=O. The number of hydrogen-bond donors (Lipinski definition) is 2. The number of rotatable bonds is 5. The summed E-state index contributed by atoms with van der Waals surface area (Å²) in [6, 6.07) is 9.06. The van der Waals surface area contributed by atoms with Gasteiger partial charge in [-0.1, -0.05) is 30.7 Å². The van der Waals surface area contributed by atoms with Crippen LogP contribution >= 0.6 is 11.6 Å². The molecule has 0 amide bonds. The van der Waals surface area contributed by atoms with Crippen LogP contribution in [-0.2, 0) is 4.79 Å². The molecule has 2 heterocycles. The summed E-state index contributed by atoms with van der Waals surface area (Å²) in [7, 11) is 2.88. The predicted octanol–water partition coefficient (Wildman–Crippen LogP) is 4.06. The van der Waals surface area contributed by atoms with Gasteiger partial charge in [0.2, 0.25) is 17.2 Å². The molecule has 2 aliphatic rings. The highest BCUT2D eigenvalue weighted by atomic mass is 35.5. The van der Waals surface area contributed by atoms with E-state index >= 15 is 0 Å². The highest BCUT2D eigenvalue weighted by Crippen LogP contribution is 2.53. The second kappa shape index (κ2) is 8.18. The zero-order valence-corrected chi connectivity index (χ0v) is 19.4. The van der Waals surface area contributed by atoms with Gasteiger partial charge in [0.1, 0.15) is 28.4 Å². The normalized spacial score (nSPS) is 21.2. The molecule has 34 heavy (non-hydrogen) atoms. The number of carbonyl (C=O) groups is 2. The minimum Gasteiger partial charge on any atom is -0.496 e. The number of halogens is 1. The molecule has 3 aromatic rings. The Kier molecular flexibility index (Phi) is 5.28. The Morgan fingerprint density at radius 1 is 1.21 bits per heavy atom. The number of methoxy groups -OCH3 is 2. The summed E-state index contributed by atoms with van der Waals surface area (Å²) < 4.78 is 16.7. The molecular weight excluding hydrogens is 460 g/mol. The molecule has 2 atom stereocenters. The Bertz CT molecular complexity index is 1340. The number of Topliss-reactive ketones (excluding diaryl/α,β-unsaturated/α-hetero) is 1. The van der Waals surface area contributed by atoms with E-state index in [0.717, 1.165) is 11.3 Å². The molecule has 1 aromatic heterocycles. The zero-order valence-electron chi connectivity index (χ0n) is 18.6. The van der Waals surface area contributed by atoms with Gasteiger partial charge in [0, 0.05) is 35.0 Å². The molecule has 0 saturated carbocycles. The van der Waals surface area contributed by atoms with Crippen molar-refractivity contribution in [2.45, 2.75) is 18.9 Å². The number of nitrogens with zero attached hydrogens (tertiary/aromatic N) is 2. The Labute approximate surface area is 200 Å². The molecular formula is C24H21ClN4O5. The van der Waals surface area contributed by atoms with Crippen molar-refractivity contribution in [3.05, 3.63) is 59.0 Å². The van der Waals surface area contributed by atoms with E-state index in [1.54, 1.807) is 6.92 Å². The summed E-state index contributed by atoms with van der Waals surface area (Å²) >= 11 is 6.43. The van der Waals surface area contributed by atoms with Crippen LogP contribution in [0.15, 0.2) is 48.4 Å². The molecule has 1 spiro atoms. The number of aromatic amines is 1. The van der Waals surface area contributed by atoms with Crippen LogP contribution < -0.4 is 19.5 Å². The van der Waals surface area contributed by atoms with E-state index in [4.69, 9.17) is 25.8 Å². The predicted molar refractivity (Wildman–Crippen MR) is 125 cm³/mol. The maximum absolute atomic E-state index is 13.6. The van der Waals surface area contributed by atoms with E-state index in [1.165, 1.54) is 32.7 Å². The average Bonchev–Trinajstić information content (AvgIpc) is 3.47. The maximum Gasteiger partial charge on any atom is 0.236 e. The first kappa shape index (κ1) is 22.0. The molecule has 1 aliphatic heterocycles. The monoisotopic (exact) mass is 480 g/mol. The molecule has 2 N–H and O–H groups in total. The van der Waals surface area contributed by atoms with Gasteiger partial charge in [-0.15, -0.1) is 0 Å². The minimum absolute atomic E-state index is 0.104. The molecule has 0 saturated heterocycles. The lowest BCUT2D eigenvalue weighted by Crippen LogP contribution is -2.55. The van der Waals surface area contributed by atoms with Gasteiger partial charge < -0.3 is 19.5 Å². The Balaban J connectivity index is 1.47. The first-order valence-corrected chi connectivity index (χ1v) is 10.9. The van der Waals surface area contributed by atoms with Crippen molar-refractivity contribution in [1.82, 2.24) is 15.2 Å². The Hall–Kier alpha value is -3.85. The van der Waals surface area contributed by atoms with E-state index in [1.807, 2.05) is 24.3 Å². The standard InChI is InChI=1S/C24H21ClN4O5/c1-12-7-15(28-14-6-4-5-13(8-14)23-26-11-27-29-23)9-18(30)24(12)22(31)19-16(32-2)10-17(33-3)20(25)21(19)34-24/h4-6,8-12,28H,7H2,1-3H3,(H,26,27,29)/t12-,24+/m1/s1. The van der Waals surface area contributed by atoms with Gasteiger partial charge in [-0.2, -0.15) is 5.10 Å². The summed E-state index contributed by atoms with van der Waals surface area (Å²) in [6.07, 6.45) is 3.25. The van der Waals surface area contributed by atoms with Crippen molar-refractivity contribution in [1.29, 1.82) is 0 Å². The van der Waals surface area contributed by atoms with Gasteiger partial charge in [0.05, 0.1) is 14.2 Å². The highest BCUT2D eigenvalue weighted by molar-refractivity contribution is 6.36. The number of anilines is 1. The van der Waals surface area contributed by atoms with Crippen LogP contribution in [0.25, 0.3) is 11.4 Å². The first-order valence-electron chi connectivity index (χ1n) is 10.5. The van der Waals surface area contributed by atoms with E-state index < -0.39 is 23.1 Å². The number of H-pyrrole nitrogens is 1. The van der Waals surface area contributed by atoms with Gasteiger partial charge in [0.15, 0.2) is 11.6 Å². The number of aromatic nitrogens is 3. The van der Waals surface area contributed by atoms with Crippen molar-refractivity contribution >= 4 is 28.9 Å². The summed E-state index contributed by atoms with van der Waals surface area (Å²) in [4.78, 5) is 31.2. The summed E-state index contributed by atoms with van der Waals surface area (Å²) in [5.74, 6) is -0.127. The van der Waals surface area contributed by atoms with Crippen LogP contribution in [0.1, 0.15) is 23.7 Å². The van der Waals surface area contributed by atoms with Crippen molar-refractivity contribution in [2.75, 3.05) is 19.5 Å². The number of benzene rings is 2. The average molecular weight is 481 g/mol. The fourth-order valence-corrected chi connectivity index (χ4v) is 4.76. The summed E-state index contributed by atoms with van der Waals surface area (Å²) in [5, 5.41) is 10.1. The van der Waals surface area contributed by atoms with Crippen molar-refractivity contribution in [2.24, 2.45) is 5.92 Å². The van der Waals surface area contributed by atoms with Crippen LogP contribution in [0.5, 0.6) is 17.2 Å². The first-order chi connectivity index (χ1) is 16.4. The van der Waals surface area contributed by atoms with Crippen LogP contribution in [0, 0.1) is 5.92 Å². The van der Waals surface area contributed by atoms with Crippen molar-refractivity contribution in [3.63, 3.8) is 0 Å². The van der Waals surface area contributed by atoms with E-state index in [-0.39, 0.29) is 22.1 Å². The van der Waals surface area contributed by atoms with Gasteiger partial charge in [0.25, 0.3) is 0 Å². The van der Waals surface area contributed by atoms with Gasteiger partial charge in [-0.05, 0) is 18.6 Å². The third kappa shape index (κ3) is 3.23. The number of nitrogens with one attached hydrogen (secondary N) is 2. The molecule has 10 heteroatoms. The smallest absolute Gasteiger partial charge is 0.236 e. The Morgan fingerprint density at radius 3 is 2.68 bits per heavy atom. The quantitative estimate of drug-likeness (QED) is 0.525. The lowest BCUT2D eigenvalue weighted by molar-refractivity contribution is -0.129.